The molecule has 2 saturated carbocycles. The number of benzene rings is 1. The first kappa shape index (κ1) is 19.4. The summed E-state index contributed by atoms with van der Waals surface area (Å²) in [6.45, 7) is 4.46. The standard InChI is InChI=1S/C18H26FN3O.HI/c1-2-20-16(21-11-17(13-23)6-7-17)22-12-18(8-9-18)14-4-3-5-15(19)10-14;/h3-5,10,23H,2,6-9,11-13H2,1H3,(H2,20,21,22);1H. The third-order valence-electron chi connectivity index (χ3n) is 5.09. The van der Waals surface area contributed by atoms with E-state index in [0.29, 0.717) is 6.54 Å². The lowest BCUT2D eigenvalue weighted by Crippen LogP contribution is -2.41. The molecule has 2 aliphatic carbocycles. The van der Waals surface area contributed by atoms with Gasteiger partial charge in [-0.3, -0.25) is 4.99 Å². The van der Waals surface area contributed by atoms with Crippen molar-refractivity contribution in [3.8, 4) is 0 Å². The second-order valence-electron chi connectivity index (χ2n) is 7.00. The second kappa shape index (κ2) is 7.99. The Morgan fingerprint density at radius 2 is 2.00 bits per heavy atom. The van der Waals surface area contributed by atoms with Gasteiger partial charge in [-0.25, -0.2) is 4.39 Å². The van der Waals surface area contributed by atoms with Crippen molar-refractivity contribution in [3.63, 3.8) is 0 Å². The fourth-order valence-corrected chi connectivity index (χ4v) is 2.92. The maximum atomic E-state index is 13.5. The van der Waals surface area contributed by atoms with Crippen molar-refractivity contribution in [3.05, 3.63) is 35.6 Å². The highest BCUT2D eigenvalue weighted by Gasteiger charge is 2.44. The molecule has 0 radical (unpaired) electrons. The summed E-state index contributed by atoms with van der Waals surface area (Å²) in [5.41, 5.74) is 1.12. The van der Waals surface area contributed by atoms with Crippen LogP contribution < -0.4 is 10.6 Å². The molecule has 0 aliphatic heterocycles. The number of hydrogen-bond donors (Lipinski definition) is 3. The molecule has 0 spiro atoms. The first-order valence-electron chi connectivity index (χ1n) is 8.51. The van der Waals surface area contributed by atoms with E-state index in [4.69, 9.17) is 0 Å². The van der Waals surface area contributed by atoms with E-state index in [0.717, 1.165) is 50.3 Å². The van der Waals surface area contributed by atoms with Crippen LogP contribution in [0.5, 0.6) is 0 Å². The van der Waals surface area contributed by atoms with Gasteiger partial charge in [-0.05, 0) is 50.3 Å². The van der Waals surface area contributed by atoms with Gasteiger partial charge in [-0.15, -0.1) is 24.0 Å². The lowest BCUT2D eigenvalue weighted by atomic mass is 9.96. The zero-order chi connectivity index (χ0) is 16.3. The van der Waals surface area contributed by atoms with Crippen molar-refractivity contribution in [1.29, 1.82) is 0 Å². The van der Waals surface area contributed by atoms with Crippen molar-refractivity contribution in [2.75, 3.05) is 26.2 Å². The van der Waals surface area contributed by atoms with E-state index in [1.165, 1.54) is 6.07 Å². The van der Waals surface area contributed by atoms with Crippen LogP contribution in [0.25, 0.3) is 0 Å². The van der Waals surface area contributed by atoms with E-state index in [-0.39, 0.29) is 47.2 Å². The van der Waals surface area contributed by atoms with Crippen molar-refractivity contribution in [1.82, 2.24) is 10.6 Å². The Bertz CT molecular complexity index is 585. The van der Waals surface area contributed by atoms with E-state index in [1.807, 2.05) is 13.0 Å². The zero-order valence-corrected chi connectivity index (χ0v) is 16.5. The lowest BCUT2D eigenvalue weighted by Gasteiger charge is -2.19. The molecule has 2 aliphatic rings. The van der Waals surface area contributed by atoms with E-state index >= 15 is 0 Å². The third kappa shape index (κ3) is 4.59. The van der Waals surface area contributed by atoms with E-state index < -0.39 is 0 Å². The topological polar surface area (TPSA) is 56.7 Å². The predicted molar refractivity (Wildman–Crippen MR) is 105 cm³/mol. The summed E-state index contributed by atoms with van der Waals surface area (Å²) in [5, 5.41) is 16.1. The van der Waals surface area contributed by atoms with Crippen LogP contribution in [0.1, 0.15) is 38.2 Å². The first-order valence-corrected chi connectivity index (χ1v) is 8.51. The minimum absolute atomic E-state index is 0. The van der Waals surface area contributed by atoms with Crippen LogP contribution in [-0.4, -0.2) is 37.3 Å². The molecule has 0 unspecified atom stereocenters. The van der Waals surface area contributed by atoms with Gasteiger partial charge in [0.2, 0.25) is 0 Å². The van der Waals surface area contributed by atoms with E-state index in [2.05, 4.69) is 15.6 Å². The van der Waals surface area contributed by atoms with Crippen LogP contribution >= 0.6 is 24.0 Å². The minimum Gasteiger partial charge on any atom is -0.396 e. The summed E-state index contributed by atoms with van der Waals surface area (Å²) < 4.78 is 13.5. The smallest absolute Gasteiger partial charge is 0.191 e. The van der Waals surface area contributed by atoms with Gasteiger partial charge in [0.25, 0.3) is 0 Å². The number of aliphatic imine (C=N–C) groups is 1. The average Bonchev–Trinajstić information content (AvgIpc) is 3.46. The molecule has 4 nitrogen and oxygen atoms in total. The highest BCUT2D eigenvalue weighted by molar-refractivity contribution is 14.0. The van der Waals surface area contributed by atoms with Crippen molar-refractivity contribution in [2.24, 2.45) is 10.4 Å². The van der Waals surface area contributed by atoms with Crippen LogP contribution in [-0.2, 0) is 5.41 Å². The molecular weight excluding hydrogens is 420 g/mol. The van der Waals surface area contributed by atoms with Gasteiger partial charge in [-0.2, -0.15) is 0 Å². The second-order valence-corrected chi connectivity index (χ2v) is 7.00. The Labute approximate surface area is 160 Å². The molecule has 0 saturated heterocycles. The zero-order valence-electron chi connectivity index (χ0n) is 14.1. The summed E-state index contributed by atoms with van der Waals surface area (Å²) in [5.74, 6) is 0.614. The van der Waals surface area contributed by atoms with Gasteiger partial charge in [0.1, 0.15) is 5.82 Å². The molecule has 6 heteroatoms. The highest BCUT2D eigenvalue weighted by atomic mass is 127. The van der Waals surface area contributed by atoms with Gasteiger partial charge in [-0.1, -0.05) is 12.1 Å². The number of halogens is 2. The number of aliphatic hydroxyl groups excluding tert-OH is 1. The Balaban J connectivity index is 0.00000208. The number of nitrogens with zero attached hydrogens (tertiary/aromatic N) is 1. The van der Waals surface area contributed by atoms with E-state index in [1.54, 1.807) is 12.1 Å². The predicted octanol–water partition coefficient (Wildman–Crippen LogP) is 2.80. The molecule has 2 fully saturated rings. The van der Waals surface area contributed by atoms with E-state index in [9.17, 15) is 9.50 Å². The molecule has 134 valence electrons. The fourth-order valence-electron chi connectivity index (χ4n) is 2.92. The summed E-state index contributed by atoms with van der Waals surface area (Å²) in [6, 6.07) is 6.92. The van der Waals surface area contributed by atoms with Crippen molar-refractivity contribution >= 4 is 29.9 Å². The number of rotatable bonds is 7. The number of hydrogen-bond acceptors (Lipinski definition) is 2. The molecule has 0 heterocycles. The molecule has 0 aromatic heterocycles. The van der Waals surface area contributed by atoms with Crippen molar-refractivity contribution < 1.29 is 9.50 Å². The largest absolute Gasteiger partial charge is 0.396 e. The molecule has 3 N–H and O–H groups in total. The molecule has 0 bridgehead atoms. The summed E-state index contributed by atoms with van der Waals surface area (Å²) in [4.78, 5) is 4.62. The number of aliphatic hydroxyl groups is 1. The van der Waals surface area contributed by atoms with Crippen LogP contribution in [0.3, 0.4) is 0 Å². The molecule has 0 amide bonds. The Kier molecular flexibility index (Phi) is 6.47. The quantitative estimate of drug-likeness (QED) is 0.343. The lowest BCUT2D eigenvalue weighted by molar-refractivity contribution is 0.217. The van der Waals surface area contributed by atoms with Crippen molar-refractivity contribution in [2.45, 2.75) is 38.0 Å². The van der Waals surface area contributed by atoms with Gasteiger partial charge in [0.05, 0.1) is 13.2 Å². The minimum atomic E-state index is -0.173. The number of nitrogens with one attached hydrogen (secondary N) is 2. The van der Waals surface area contributed by atoms with Crippen LogP contribution in [0.15, 0.2) is 29.3 Å². The van der Waals surface area contributed by atoms with Gasteiger partial charge in [0.15, 0.2) is 5.96 Å². The Hall–Kier alpha value is -0.890. The maximum absolute atomic E-state index is 13.5. The summed E-state index contributed by atoms with van der Waals surface area (Å²) >= 11 is 0. The molecule has 1 aromatic rings. The maximum Gasteiger partial charge on any atom is 0.191 e. The summed E-state index contributed by atoms with van der Waals surface area (Å²) in [6.07, 6.45) is 4.26. The molecule has 0 atom stereocenters. The summed E-state index contributed by atoms with van der Waals surface area (Å²) in [7, 11) is 0. The third-order valence-corrected chi connectivity index (χ3v) is 5.09. The van der Waals surface area contributed by atoms with Crippen LogP contribution in [0.2, 0.25) is 0 Å². The van der Waals surface area contributed by atoms with Crippen LogP contribution in [0, 0.1) is 11.2 Å². The normalized spacial score (nSPS) is 20.0. The molecule has 24 heavy (non-hydrogen) atoms. The average molecular weight is 447 g/mol. The first-order chi connectivity index (χ1) is 11.1. The Morgan fingerprint density at radius 1 is 1.25 bits per heavy atom. The SMILES string of the molecule is CCNC(=NCC1(CO)CC1)NCC1(c2cccc(F)c2)CC1.I. The Morgan fingerprint density at radius 3 is 2.54 bits per heavy atom. The van der Waals surface area contributed by atoms with Gasteiger partial charge < -0.3 is 15.7 Å². The van der Waals surface area contributed by atoms with Gasteiger partial charge in [0, 0.05) is 23.9 Å². The van der Waals surface area contributed by atoms with Crippen LogP contribution in [0.4, 0.5) is 4.39 Å². The van der Waals surface area contributed by atoms with Gasteiger partial charge >= 0.3 is 0 Å². The molecule has 3 rings (SSSR count). The fraction of sp³-hybridized carbons (Fsp3) is 0.611. The monoisotopic (exact) mass is 447 g/mol. The molecular formula is C18H27FIN3O. The number of guanidine groups is 1. The molecule has 1 aromatic carbocycles. The highest BCUT2D eigenvalue weighted by Crippen LogP contribution is 2.48.